The second-order valence-electron chi connectivity index (χ2n) is 6.18. The maximum absolute atomic E-state index is 5.43. The van der Waals surface area contributed by atoms with Crippen LogP contribution in [0, 0.1) is 0 Å². The molecule has 25 heavy (non-hydrogen) atoms. The highest BCUT2D eigenvalue weighted by Gasteiger charge is 2.21. The molecule has 1 aromatic carbocycles. The summed E-state index contributed by atoms with van der Waals surface area (Å²) in [4.78, 5) is 7.93. The molecule has 0 atom stereocenters. The summed E-state index contributed by atoms with van der Waals surface area (Å²) in [5, 5.41) is 7.71. The molecule has 7 heteroatoms. The first-order chi connectivity index (χ1) is 12.3. The van der Waals surface area contributed by atoms with Crippen LogP contribution in [0.3, 0.4) is 0 Å². The third kappa shape index (κ3) is 4.29. The van der Waals surface area contributed by atoms with Gasteiger partial charge in [0.25, 0.3) is 0 Å². The Bertz CT molecular complexity index is 811. The van der Waals surface area contributed by atoms with Crippen molar-refractivity contribution < 1.29 is 4.52 Å². The molecule has 0 amide bonds. The van der Waals surface area contributed by atoms with Crippen LogP contribution in [0.5, 0.6) is 0 Å². The normalized spacial score (nSPS) is 16.2. The number of hydrogen-bond acceptors (Lipinski definition) is 6. The van der Waals surface area contributed by atoms with Gasteiger partial charge in [-0.2, -0.15) is 4.98 Å². The summed E-state index contributed by atoms with van der Waals surface area (Å²) in [6, 6.07) is 14.9. The van der Waals surface area contributed by atoms with Gasteiger partial charge >= 0.3 is 0 Å². The molecule has 1 aliphatic heterocycles. The van der Waals surface area contributed by atoms with E-state index in [1.165, 1.54) is 5.69 Å². The second kappa shape index (κ2) is 7.68. The lowest BCUT2D eigenvalue weighted by Crippen LogP contribution is -2.38. The Kier molecular flexibility index (Phi) is 5.14. The number of nitrogens with one attached hydrogen (secondary N) is 1. The van der Waals surface area contributed by atoms with Crippen molar-refractivity contribution in [3.8, 4) is 10.7 Å². The van der Waals surface area contributed by atoms with Gasteiger partial charge in [-0.25, -0.2) is 0 Å². The minimum atomic E-state index is 0.528. The van der Waals surface area contributed by atoms with E-state index in [1.807, 2.05) is 18.2 Å². The Hall–Kier alpha value is -1.70. The van der Waals surface area contributed by atoms with E-state index >= 15 is 0 Å². The third-order valence-electron chi connectivity index (χ3n) is 4.35. The maximum atomic E-state index is 5.43. The van der Waals surface area contributed by atoms with Gasteiger partial charge in [0.2, 0.25) is 11.7 Å². The number of aromatic nitrogens is 2. The van der Waals surface area contributed by atoms with Crippen LogP contribution in [0.15, 0.2) is 50.8 Å². The largest absolute Gasteiger partial charge is 0.382 e. The Labute approximate surface area is 159 Å². The molecule has 4 rings (SSSR count). The van der Waals surface area contributed by atoms with Crippen molar-refractivity contribution in [2.75, 3.05) is 18.4 Å². The number of rotatable bonds is 5. The van der Waals surface area contributed by atoms with Gasteiger partial charge in [0.05, 0.1) is 15.2 Å². The molecule has 1 fully saturated rings. The highest BCUT2D eigenvalue weighted by atomic mass is 79.9. The fraction of sp³-hybridized carbons (Fsp3) is 0.333. The molecule has 0 unspecified atom stereocenters. The van der Waals surface area contributed by atoms with E-state index in [9.17, 15) is 0 Å². The van der Waals surface area contributed by atoms with E-state index in [0.29, 0.717) is 17.8 Å². The third-order valence-corrected chi connectivity index (χ3v) is 5.97. The van der Waals surface area contributed by atoms with Gasteiger partial charge in [-0.3, -0.25) is 4.90 Å². The van der Waals surface area contributed by atoms with Crippen LogP contribution >= 0.6 is 27.3 Å². The lowest BCUT2D eigenvalue weighted by molar-refractivity contribution is 0.186. The summed E-state index contributed by atoms with van der Waals surface area (Å²) in [7, 11) is 0. The molecule has 1 N–H and O–H groups in total. The first-order valence-electron chi connectivity index (χ1n) is 8.38. The van der Waals surface area contributed by atoms with Gasteiger partial charge in [0, 0.05) is 24.8 Å². The Morgan fingerprint density at radius 1 is 1.16 bits per heavy atom. The number of thiophene rings is 1. The van der Waals surface area contributed by atoms with E-state index in [0.717, 1.165) is 41.1 Å². The lowest BCUT2D eigenvalue weighted by Gasteiger charge is -2.31. The molecule has 3 heterocycles. The minimum absolute atomic E-state index is 0.528. The van der Waals surface area contributed by atoms with Crippen LogP contribution in [-0.2, 0) is 6.54 Å². The van der Waals surface area contributed by atoms with Crippen LogP contribution in [0.1, 0.15) is 18.7 Å². The number of nitrogens with zero attached hydrogens (tertiary/aromatic N) is 3. The summed E-state index contributed by atoms with van der Waals surface area (Å²) in [5.41, 5.74) is 1.20. The van der Waals surface area contributed by atoms with E-state index in [2.05, 4.69) is 60.6 Å². The number of likely N-dealkylation sites (tertiary alicyclic amines) is 1. The second-order valence-corrected chi connectivity index (χ2v) is 8.64. The summed E-state index contributed by atoms with van der Waals surface area (Å²) in [6.07, 6.45) is 2.24. The van der Waals surface area contributed by atoms with Crippen LogP contribution in [-0.4, -0.2) is 34.2 Å². The van der Waals surface area contributed by atoms with Crippen LogP contribution in [0.2, 0.25) is 0 Å². The molecule has 130 valence electrons. The van der Waals surface area contributed by atoms with Gasteiger partial charge in [-0.15, -0.1) is 11.3 Å². The van der Waals surface area contributed by atoms with Crippen molar-refractivity contribution in [1.29, 1.82) is 0 Å². The molecule has 1 saturated heterocycles. The zero-order valence-electron chi connectivity index (χ0n) is 13.7. The number of hydrogen-bond donors (Lipinski definition) is 1. The lowest BCUT2D eigenvalue weighted by atomic mass is 10.0. The number of anilines is 1. The predicted molar refractivity (Wildman–Crippen MR) is 104 cm³/mol. The summed E-state index contributed by atoms with van der Waals surface area (Å²) in [5.74, 6) is 1.36. The predicted octanol–water partition coefficient (Wildman–Crippen LogP) is 4.64. The highest BCUT2D eigenvalue weighted by Crippen LogP contribution is 2.29. The Morgan fingerprint density at radius 2 is 1.96 bits per heavy atom. The van der Waals surface area contributed by atoms with Crippen molar-refractivity contribution in [3.63, 3.8) is 0 Å². The van der Waals surface area contributed by atoms with Crippen molar-refractivity contribution >= 4 is 33.0 Å². The van der Waals surface area contributed by atoms with Gasteiger partial charge < -0.3 is 9.84 Å². The van der Waals surface area contributed by atoms with Crippen molar-refractivity contribution in [1.82, 2.24) is 15.0 Å². The van der Waals surface area contributed by atoms with Crippen LogP contribution in [0.4, 0.5) is 5.69 Å². The summed E-state index contributed by atoms with van der Waals surface area (Å²) < 4.78 is 6.50. The number of halogens is 1. The zero-order chi connectivity index (χ0) is 17.1. The number of piperidine rings is 1. The quantitative estimate of drug-likeness (QED) is 0.653. The topological polar surface area (TPSA) is 54.2 Å². The van der Waals surface area contributed by atoms with Crippen molar-refractivity contribution in [2.24, 2.45) is 0 Å². The molecule has 2 aromatic heterocycles. The van der Waals surface area contributed by atoms with Gasteiger partial charge in [0.15, 0.2) is 0 Å². The standard InChI is InChI=1S/C18H19BrN4OS/c19-16-7-6-15(25-16)18-21-17(24-22-18)12-23-10-8-14(9-11-23)20-13-4-2-1-3-5-13/h1-7,14,20H,8-12H2. The molecule has 0 bridgehead atoms. The van der Waals surface area contributed by atoms with E-state index in [-0.39, 0.29) is 0 Å². The van der Waals surface area contributed by atoms with E-state index in [1.54, 1.807) is 11.3 Å². The van der Waals surface area contributed by atoms with Crippen LogP contribution in [0.25, 0.3) is 10.7 Å². The summed E-state index contributed by atoms with van der Waals surface area (Å²) in [6.45, 7) is 2.79. The number of benzene rings is 1. The monoisotopic (exact) mass is 418 g/mol. The SMILES string of the molecule is Brc1ccc(-c2noc(CN3CCC(Nc4ccccc4)CC3)n2)s1. The van der Waals surface area contributed by atoms with Gasteiger partial charge in [0.1, 0.15) is 0 Å². The first-order valence-corrected chi connectivity index (χ1v) is 9.99. The molecule has 0 radical (unpaired) electrons. The molecule has 0 spiro atoms. The molecule has 3 aromatic rings. The van der Waals surface area contributed by atoms with Crippen molar-refractivity contribution in [3.05, 3.63) is 52.1 Å². The molecule has 1 aliphatic rings. The fourth-order valence-corrected chi connectivity index (χ4v) is 4.36. The maximum Gasteiger partial charge on any atom is 0.241 e. The van der Waals surface area contributed by atoms with Gasteiger partial charge in [-0.1, -0.05) is 23.4 Å². The molecule has 0 saturated carbocycles. The zero-order valence-corrected chi connectivity index (χ0v) is 16.1. The fourth-order valence-electron chi connectivity index (χ4n) is 3.05. The average molecular weight is 419 g/mol. The smallest absolute Gasteiger partial charge is 0.241 e. The van der Waals surface area contributed by atoms with E-state index < -0.39 is 0 Å². The van der Waals surface area contributed by atoms with Crippen LogP contribution < -0.4 is 5.32 Å². The molecular weight excluding hydrogens is 400 g/mol. The van der Waals surface area contributed by atoms with E-state index in [4.69, 9.17) is 4.52 Å². The number of para-hydroxylation sites is 1. The molecular formula is C18H19BrN4OS. The van der Waals surface area contributed by atoms with Crippen molar-refractivity contribution in [2.45, 2.75) is 25.4 Å². The Morgan fingerprint density at radius 3 is 2.68 bits per heavy atom. The molecule has 5 nitrogen and oxygen atoms in total. The first kappa shape index (κ1) is 16.8. The minimum Gasteiger partial charge on any atom is -0.382 e. The Balaban J connectivity index is 1.29. The highest BCUT2D eigenvalue weighted by molar-refractivity contribution is 9.11. The summed E-state index contributed by atoms with van der Waals surface area (Å²) >= 11 is 5.07. The molecule has 0 aliphatic carbocycles. The average Bonchev–Trinajstić information content (AvgIpc) is 3.27. The van der Waals surface area contributed by atoms with Gasteiger partial charge in [-0.05, 0) is 53.0 Å².